The molecule has 1 saturated carbocycles. The Morgan fingerprint density at radius 3 is 2.64 bits per heavy atom. The normalized spacial score (nSPS) is 22.0. The first-order chi connectivity index (χ1) is 13.8. The number of nitrogens with one attached hydrogen (secondary N) is 2. The van der Waals surface area contributed by atoms with Crippen LogP contribution in [0.5, 0.6) is 0 Å². The average molecular weight is 376 g/mol. The topological polar surface area (TPSA) is 83.8 Å². The first-order valence-corrected chi connectivity index (χ1v) is 10.1. The second kappa shape index (κ2) is 7.36. The van der Waals surface area contributed by atoms with Crippen LogP contribution in [-0.4, -0.2) is 21.7 Å². The highest BCUT2D eigenvalue weighted by Gasteiger charge is 2.28. The summed E-state index contributed by atoms with van der Waals surface area (Å²) in [7, 11) is 0. The smallest absolute Gasteiger partial charge is 0.259 e. The lowest BCUT2D eigenvalue weighted by Crippen LogP contribution is -2.27. The van der Waals surface area contributed by atoms with Crippen molar-refractivity contribution in [3.05, 3.63) is 69.5 Å². The lowest BCUT2D eigenvalue weighted by atomic mass is 9.78. The quantitative estimate of drug-likeness (QED) is 0.731. The molecule has 1 aliphatic heterocycles. The third-order valence-electron chi connectivity index (χ3n) is 6.11. The number of aromatic amines is 1. The summed E-state index contributed by atoms with van der Waals surface area (Å²) in [6.45, 7) is 1.65. The van der Waals surface area contributed by atoms with Gasteiger partial charge in [-0.15, -0.1) is 0 Å². The van der Waals surface area contributed by atoms with E-state index in [9.17, 15) is 4.79 Å². The van der Waals surface area contributed by atoms with E-state index in [2.05, 4.69) is 50.8 Å². The number of benzene rings is 1. The molecule has 6 nitrogen and oxygen atoms in total. The van der Waals surface area contributed by atoms with Crippen molar-refractivity contribution in [2.75, 3.05) is 6.54 Å². The van der Waals surface area contributed by atoms with E-state index >= 15 is 0 Å². The van der Waals surface area contributed by atoms with Crippen LogP contribution < -0.4 is 10.9 Å². The van der Waals surface area contributed by atoms with Gasteiger partial charge in [-0.05, 0) is 48.8 Å². The molecule has 0 unspecified atom stereocenters. The van der Waals surface area contributed by atoms with Gasteiger partial charge < -0.3 is 14.8 Å². The zero-order valence-electron chi connectivity index (χ0n) is 15.8. The molecule has 3 aromatic rings. The Morgan fingerprint density at radius 1 is 1.04 bits per heavy atom. The minimum atomic E-state index is -0.138. The maximum absolute atomic E-state index is 12.5. The minimum absolute atomic E-state index is 0.138. The largest absolute Gasteiger partial charge is 0.339 e. The lowest BCUT2D eigenvalue weighted by molar-refractivity contribution is 0.301. The molecular weight excluding hydrogens is 352 g/mol. The van der Waals surface area contributed by atoms with E-state index < -0.39 is 0 Å². The molecule has 0 radical (unpaired) electrons. The van der Waals surface area contributed by atoms with Crippen molar-refractivity contribution in [2.45, 2.75) is 50.5 Å². The molecular formula is C22H24N4O2. The number of aromatic nitrogens is 3. The van der Waals surface area contributed by atoms with E-state index in [4.69, 9.17) is 4.52 Å². The van der Waals surface area contributed by atoms with Gasteiger partial charge in [0.05, 0.1) is 5.56 Å². The molecule has 1 aliphatic carbocycles. The summed E-state index contributed by atoms with van der Waals surface area (Å²) in [4.78, 5) is 20.1. The number of fused-ring (bicyclic) bond motifs is 1. The van der Waals surface area contributed by atoms with Gasteiger partial charge in [-0.3, -0.25) is 4.79 Å². The Hall–Kier alpha value is -2.73. The minimum Gasteiger partial charge on any atom is -0.339 e. The molecule has 1 aromatic carbocycles. The van der Waals surface area contributed by atoms with E-state index in [1.807, 2.05) is 6.07 Å². The summed E-state index contributed by atoms with van der Waals surface area (Å²) >= 11 is 0. The van der Waals surface area contributed by atoms with Crippen LogP contribution in [0.3, 0.4) is 0 Å². The number of hydrogen-bond acceptors (Lipinski definition) is 5. The van der Waals surface area contributed by atoms with Crippen LogP contribution in [0.1, 0.15) is 60.2 Å². The number of H-pyrrole nitrogens is 1. The van der Waals surface area contributed by atoms with Gasteiger partial charge in [0, 0.05) is 31.1 Å². The first kappa shape index (κ1) is 17.4. The van der Waals surface area contributed by atoms with Crippen molar-refractivity contribution in [3.63, 3.8) is 0 Å². The first-order valence-electron chi connectivity index (χ1n) is 10.1. The number of pyridine rings is 1. The second-order valence-corrected chi connectivity index (χ2v) is 7.86. The fourth-order valence-corrected chi connectivity index (χ4v) is 4.50. The molecule has 144 valence electrons. The van der Waals surface area contributed by atoms with Gasteiger partial charge >= 0.3 is 0 Å². The fourth-order valence-electron chi connectivity index (χ4n) is 4.50. The Kier molecular flexibility index (Phi) is 4.56. The third kappa shape index (κ3) is 3.29. The Balaban J connectivity index is 1.33. The summed E-state index contributed by atoms with van der Waals surface area (Å²) in [5.74, 6) is 1.95. The maximum Gasteiger partial charge on any atom is 0.259 e. The van der Waals surface area contributed by atoms with Crippen LogP contribution in [0.25, 0.3) is 11.4 Å². The van der Waals surface area contributed by atoms with Crippen molar-refractivity contribution in [2.24, 2.45) is 0 Å². The zero-order valence-corrected chi connectivity index (χ0v) is 15.8. The molecule has 5 rings (SSSR count). The SMILES string of the molecule is O=c1[nH]c2c(cc1-c1noc(C3CCC(c4ccccc4)CC3)n1)CNCC2. The molecule has 2 N–H and O–H groups in total. The molecule has 0 atom stereocenters. The number of hydrogen-bond donors (Lipinski definition) is 2. The van der Waals surface area contributed by atoms with Crippen molar-refractivity contribution in [1.29, 1.82) is 0 Å². The van der Waals surface area contributed by atoms with E-state index in [0.717, 1.165) is 56.5 Å². The van der Waals surface area contributed by atoms with Crippen molar-refractivity contribution in [1.82, 2.24) is 20.4 Å². The van der Waals surface area contributed by atoms with Crippen LogP contribution in [-0.2, 0) is 13.0 Å². The van der Waals surface area contributed by atoms with Crippen LogP contribution in [0, 0.1) is 0 Å². The van der Waals surface area contributed by atoms with Crippen LogP contribution >= 0.6 is 0 Å². The van der Waals surface area contributed by atoms with E-state index in [1.54, 1.807) is 0 Å². The standard InChI is InChI=1S/C22H24N4O2/c27-21-18(12-17-13-23-11-10-19(17)24-21)20-25-22(28-26-20)16-8-6-15(7-9-16)14-4-2-1-3-5-14/h1-5,12,15-16,23H,6-11,13H2,(H,24,27). The Bertz CT molecular complexity index is 1020. The molecule has 2 aliphatic rings. The van der Waals surface area contributed by atoms with Gasteiger partial charge in [0.1, 0.15) is 0 Å². The fraction of sp³-hybridized carbons (Fsp3) is 0.409. The van der Waals surface area contributed by atoms with E-state index in [0.29, 0.717) is 23.2 Å². The predicted octanol–water partition coefficient (Wildman–Crippen LogP) is 3.51. The Morgan fingerprint density at radius 2 is 1.82 bits per heavy atom. The Labute approximate surface area is 163 Å². The molecule has 0 amide bonds. The van der Waals surface area contributed by atoms with Gasteiger partial charge in [-0.1, -0.05) is 35.5 Å². The van der Waals surface area contributed by atoms with Crippen molar-refractivity contribution < 1.29 is 4.52 Å². The highest BCUT2D eigenvalue weighted by Crippen LogP contribution is 2.40. The van der Waals surface area contributed by atoms with Crippen molar-refractivity contribution in [3.8, 4) is 11.4 Å². The summed E-state index contributed by atoms with van der Waals surface area (Å²) in [6.07, 6.45) is 5.15. The summed E-state index contributed by atoms with van der Waals surface area (Å²) in [6, 6.07) is 12.6. The van der Waals surface area contributed by atoms with Gasteiger partial charge in [0.15, 0.2) is 0 Å². The molecule has 3 heterocycles. The maximum atomic E-state index is 12.5. The van der Waals surface area contributed by atoms with Gasteiger partial charge in [0.2, 0.25) is 11.7 Å². The van der Waals surface area contributed by atoms with Gasteiger partial charge in [-0.2, -0.15) is 4.98 Å². The van der Waals surface area contributed by atoms with Crippen molar-refractivity contribution >= 4 is 0 Å². The summed E-state index contributed by atoms with van der Waals surface area (Å²) in [5.41, 5.74) is 3.89. The highest BCUT2D eigenvalue weighted by molar-refractivity contribution is 5.55. The van der Waals surface area contributed by atoms with Gasteiger partial charge in [0.25, 0.3) is 5.56 Å². The molecule has 28 heavy (non-hydrogen) atoms. The van der Waals surface area contributed by atoms with Crippen LogP contribution in [0.15, 0.2) is 45.7 Å². The number of nitrogens with zero attached hydrogens (tertiary/aromatic N) is 2. The van der Waals surface area contributed by atoms with E-state index in [1.165, 1.54) is 5.56 Å². The second-order valence-electron chi connectivity index (χ2n) is 7.86. The predicted molar refractivity (Wildman–Crippen MR) is 106 cm³/mol. The third-order valence-corrected chi connectivity index (χ3v) is 6.11. The highest BCUT2D eigenvalue weighted by atomic mass is 16.5. The van der Waals surface area contributed by atoms with Crippen LogP contribution in [0.2, 0.25) is 0 Å². The average Bonchev–Trinajstić information content (AvgIpc) is 3.24. The van der Waals surface area contributed by atoms with Crippen LogP contribution in [0.4, 0.5) is 0 Å². The lowest BCUT2D eigenvalue weighted by Gasteiger charge is -2.26. The zero-order chi connectivity index (χ0) is 18.9. The molecule has 2 aromatic heterocycles. The molecule has 1 fully saturated rings. The monoisotopic (exact) mass is 376 g/mol. The molecule has 0 bridgehead atoms. The molecule has 0 saturated heterocycles. The molecule has 0 spiro atoms. The molecule has 6 heteroatoms. The van der Waals surface area contributed by atoms with E-state index in [-0.39, 0.29) is 11.5 Å². The summed E-state index contributed by atoms with van der Waals surface area (Å²) in [5, 5.41) is 7.45. The summed E-state index contributed by atoms with van der Waals surface area (Å²) < 4.78 is 5.57. The van der Waals surface area contributed by atoms with Gasteiger partial charge in [-0.25, -0.2) is 0 Å². The number of rotatable bonds is 3.